The van der Waals surface area contributed by atoms with Crippen LogP contribution in [0.4, 0.5) is 17.6 Å². The summed E-state index contributed by atoms with van der Waals surface area (Å²) in [5.74, 6) is 0. The monoisotopic (exact) mass is 201 g/mol. The van der Waals surface area contributed by atoms with E-state index in [1.54, 1.807) is 0 Å². The van der Waals surface area contributed by atoms with E-state index in [0.717, 1.165) is 4.90 Å². The van der Waals surface area contributed by atoms with Crippen LogP contribution in [0, 0.1) is 0 Å². The van der Waals surface area contributed by atoms with Gasteiger partial charge in [0.1, 0.15) is 12.7 Å². The molecule has 2 nitrogen and oxygen atoms in total. The van der Waals surface area contributed by atoms with Gasteiger partial charge in [-0.1, -0.05) is 0 Å². The molecule has 1 aliphatic rings. The number of hydrogen-bond donors (Lipinski definition) is 0. The third-order valence-corrected chi connectivity index (χ3v) is 2.01. The average Bonchev–Trinajstić information content (AvgIpc) is 2.05. The molecule has 0 radical (unpaired) electrons. The van der Waals surface area contributed by atoms with Gasteiger partial charge in [0.05, 0.1) is 13.2 Å². The largest absolute Gasteiger partial charge is 0.406 e. The SMILES string of the molecule is FC[C@@H](N1CCOCC1)C(F)(F)F. The van der Waals surface area contributed by atoms with E-state index in [1.807, 2.05) is 0 Å². The van der Waals surface area contributed by atoms with Gasteiger partial charge in [-0.3, -0.25) is 4.90 Å². The van der Waals surface area contributed by atoms with Crippen LogP contribution in [0.25, 0.3) is 0 Å². The molecule has 6 heteroatoms. The number of morpholine rings is 1. The van der Waals surface area contributed by atoms with Crippen molar-refractivity contribution in [3.05, 3.63) is 0 Å². The molecule has 13 heavy (non-hydrogen) atoms. The molecule has 0 aromatic rings. The maximum Gasteiger partial charge on any atom is 0.406 e. The van der Waals surface area contributed by atoms with Gasteiger partial charge < -0.3 is 4.74 Å². The zero-order valence-corrected chi connectivity index (χ0v) is 6.98. The third kappa shape index (κ3) is 2.80. The van der Waals surface area contributed by atoms with Crippen molar-refractivity contribution in [2.75, 3.05) is 33.0 Å². The van der Waals surface area contributed by atoms with Crippen LogP contribution in [0.2, 0.25) is 0 Å². The van der Waals surface area contributed by atoms with Gasteiger partial charge in [0.2, 0.25) is 0 Å². The van der Waals surface area contributed by atoms with Crippen molar-refractivity contribution < 1.29 is 22.3 Å². The number of ether oxygens (including phenoxy) is 1. The average molecular weight is 201 g/mol. The Morgan fingerprint density at radius 3 is 2.15 bits per heavy atom. The van der Waals surface area contributed by atoms with Gasteiger partial charge in [0.15, 0.2) is 0 Å². The van der Waals surface area contributed by atoms with Crippen molar-refractivity contribution in [3.8, 4) is 0 Å². The lowest BCUT2D eigenvalue weighted by atomic mass is 10.2. The first-order valence-corrected chi connectivity index (χ1v) is 4.00. The minimum absolute atomic E-state index is 0.147. The minimum atomic E-state index is -4.48. The Balaban J connectivity index is 2.54. The van der Waals surface area contributed by atoms with E-state index in [4.69, 9.17) is 4.74 Å². The zero-order valence-electron chi connectivity index (χ0n) is 6.98. The molecular weight excluding hydrogens is 190 g/mol. The second kappa shape index (κ2) is 4.23. The van der Waals surface area contributed by atoms with E-state index in [2.05, 4.69) is 0 Å². The fourth-order valence-electron chi connectivity index (χ4n) is 1.28. The van der Waals surface area contributed by atoms with Crippen molar-refractivity contribution in [2.24, 2.45) is 0 Å². The Morgan fingerprint density at radius 1 is 1.23 bits per heavy atom. The van der Waals surface area contributed by atoms with Crippen molar-refractivity contribution in [1.29, 1.82) is 0 Å². The summed E-state index contributed by atoms with van der Waals surface area (Å²) in [4.78, 5) is 1.07. The maximum atomic E-state index is 12.2. The van der Waals surface area contributed by atoms with Crippen LogP contribution in [0.1, 0.15) is 0 Å². The Bertz CT molecular complexity index is 155. The van der Waals surface area contributed by atoms with Crippen molar-refractivity contribution >= 4 is 0 Å². The number of hydrogen-bond acceptors (Lipinski definition) is 2. The summed E-state index contributed by atoms with van der Waals surface area (Å²) in [6, 6.07) is -1.96. The summed E-state index contributed by atoms with van der Waals surface area (Å²) in [6.07, 6.45) is -4.48. The van der Waals surface area contributed by atoms with Crippen LogP contribution >= 0.6 is 0 Å². The van der Waals surface area contributed by atoms with E-state index in [1.165, 1.54) is 0 Å². The Labute approximate surface area is 73.5 Å². The van der Waals surface area contributed by atoms with E-state index in [9.17, 15) is 17.6 Å². The lowest BCUT2D eigenvalue weighted by Crippen LogP contribution is -2.51. The molecule has 1 rings (SSSR count). The summed E-state index contributed by atoms with van der Waals surface area (Å²) in [5, 5.41) is 0. The molecule has 0 aliphatic carbocycles. The minimum Gasteiger partial charge on any atom is -0.379 e. The van der Waals surface area contributed by atoms with Crippen molar-refractivity contribution in [1.82, 2.24) is 4.90 Å². The van der Waals surface area contributed by atoms with Crippen LogP contribution in [-0.4, -0.2) is 50.1 Å². The number of alkyl halides is 4. The molecule has 1 aliphatic heterocycles. The van der Waals surface area contributed by atoms with Gasteiger partial charge in [0.25, 0.3) is 0 Å². The van der Waals surface area contributed by atoms with Gasteiger partial charge in [-0.05, 0) is 0 Å². The van der Waals surface area contributed by atoms with E-state index >= 15 is 0 Å². The molecule has 0 unspecified atom stereocenters. The highest BCUT2D eigenvalue weighted by Gasteiger charge is 2.43. The highest BCUT2D eigenvalue weighted by Crippen LogP contribution is 2.25. The van der Waals surface area contributed by atoms with Gasteiger partial charge in [-0.25, -0.2) is 4.39 Å². The summed E-state index contributed by atoms with van der Waals surface area (Å²) in [7, 11) is 0. The second-order valence-corrected chi connectivity index (χ2v) is 2.86. The lowest BCUT2D eigenvalue weighted by molar-refractivity contribution is -0.195. The highest BCUT2D eigenvalue weighted by atomic mass is 19.4. The molecular formula is C7H11F4NO. The first kappa shape index (κ1) is 10.7. The van der Waals surface area contributed by atoms with E-state index in [0.29, 0.717) is 0 Å². The molecule has 0 saturated carbocycles. The van der Waals surface area contributed by atoms with Gasteiger partial charge >= 0.3 is 6.18 Å². The summed E-state index contributed by atoms with van der Waals surface area (Å²) >= 11 is 0. The highest BCUT2D eigenvalue weighted by molar-refractivity contribution is 4.79. The lowest BCUT2D eigenvalue weighted by Gasteiger charge is -2.33. The molecule has 1 fully saturated rings. The maximum absolute atomic E-state index is 12.2. The number of nitrogens with zero attached hydrogens (tertiary/aromatic N) is 1. The van der Waals surface area contributed by atoms with Crippen molar-refractivity contribution in [2.45, 2.75) is 12.2 Å². The fourth-order valence-corrected chi connectivity index (χ4v) is 1.28. The molecule has 1 heterocycles. The molecule has 78 valence electrons. The van der Waals surface area contributed by atoms with E-state index < -0.39 is 18.9 Å². The standard InChI is InChI=1S/C7H11F4NO/c8-5-6(7(9,10)11)12-1-3-13-4-2-12/h6H,1-5H2/t6-/m1/s1. The topological polar surface area (TPSA) is 12.5 Å². The third-order valence-electron chi connectivity index (χ3n) is 2.01. The Hall–Kier alpha value is -0.360. The Morgan fingerprint density at radius 2 is 1.77 bits per heavy atom. The molecule has 1 atom stereocenters. The first-order valence-electron chi connectivity index (χ1n) is 4.00. The smallest absolute Gasteiger partial charge is 0.379 e. The first-order chi connectivity index (χ1) is 6.05. The van der Waals surface area contributed by atoms with Crippen LogP contribution in [0.5, 0.6) is 0 Å². The molecule has 0 aromatic heterocycles. The quantitative estimate of drug-likeness (QED) is 0.623. The molecule has 1 saturated heterocycles. The fraction of sp³-hybridized carbons (Fsp3) is 1.00. The summed E-state index contributed by atoms with van der Waals surface area (Å²) in [5.41, 5.74) is 0. The predicted molar refractivity (Wildman–Crippen MR) is 38.2 cm³/mol. The van der Waals surface area contributed by atoms with Gasteiger partial charge in [-0.15, -0.1) is 0 Å². The van der Waals surface area contributed by atoms with Crippen LogP contribution < -0.4 is 0 Å². The molecule has 0 amide bonds. The molecule has 0 N–H and O–H groups in total. The number of rotatable bonds is 2. The van der Waals surface area contributed by atoms with Gasteiger partial charge in [-0.2, -0.15) is 13.2 Å². The molecule has 0 bridgehead atoms. The summed E-state index contributed by atoms with van der Waals surface area (Å²) in [6.45, 7) is -0.606. The molecule has 0 aromatic carbocycles. The zero-order chi connectivity index (χ0) is 9.90. The van der Waals surface area contributed by atoms with Crippen LogP contribution in [0.3, 0.4) is 0 Å². The van der Waals surface area contributed by atoms with Crippen LogP contribution in [-0.2, 0) is 4.74 Å². The van der Waals surface area contributed by atoms with Crippen molar-refractivity contribution in [3.63, 3.8) is 0 Å². The Kier molecular flexibility index (Phi) is 3.49. The number of halogens is 4. The second-order valence-electron chi connectivity index (χ2n) is 2.86. The van der Waals surface area contributed by atoms with Gasteiger partial charge in [0, 0.05) is 13.1 Å². The van der Waals surface area contributed by atoms with Crippen LogP contribution in [0.15, 0.2) is 0 Å². The summed E-state index contributed by atoms with van der Waals surface area (Å²) < 4.78 is 53.6. The normalized spacial score (nSPS) is 23.1. The molecule has 0 spiro atoms. The van der Waals surface area contributed by atoms with E-state index in [-0.39, 0.29) is 26.3 Å². The predicted octanol–water partition coefficient (Wildman–Crippen LogP) is 1.22.